The van der Waals surface area contributed by atoms with Gasteiger partial charge in [-0.3, -0.25) is 0 Å². The summed E-state index contributed by atoms with van der Waals surface area (Å²) >= 11 is 6.41. The summed E-state index contributed by atoms with van der Waals surface area (Å²) in [6.07, 6.45) is 3.47. The molecule has 1 aromatic heterocycles. The molecule has 1 aliphatic heterocycles. The van der Waals surface area contributed by atoms with Gasteiger partial charge >= 0.3 is 0 Å². The molecule has 0 saturated carbocycles. The topological polar surface area (TPSA) is 28.4 Å². The second-order valence-corrected chi connectivity index (χ2v) is 6.88. The summed E-state index contributed by atoms with van der Waals surface area (Å²) in [6, 6.07) is 6.03. The van der Waals surface area contributed by atoms with Gasteiger partial charge in [0.05, 0.1) is 23.2 Å². The number of fused-ring (bicyclic) bond motifs is 1. The smallest absolute Gasteiger partial charge is 0.0845 e. The van der Waals surface area contributed by atoms with E-state index in [1.807, 2.05) is 12.1 Å². The molecular weight excluding hydrogens is 331 g/mol. The summed E-state index contributed by atoms with van der Waals surface area (Å²) in [7, 11) is 0. The van der Waals surface area contributed by atoms with Crippen molar-refractivity contribution in [2.75, 3.05) is 19.6 Å². The number of para-hydroxylation sites is 1. The van der Waals surface area contributed by atoms with Crippen LogP contribution in [0, 0.1) is 13.8 Å². The van der Waals surface area contributed by atoms with Gasteiger partial charge in [-0.15, -0.1) is 12.4 Å². The van der Waals surface area contributed by atoms with Crippen LogP contribution in [-0.2, 0) is 6.54 Å². The lowest BCUT2D eigenvalue weighted by Gasteiger charge is -2.29. The number of benzene rings is 1. The molecule has 2 heterocycles. The standard InChI is InChI=1S/C18H25ClN2O.ClH/c1-13-14(2)21(18-16(13)7-6-8-17(18)19)12-15(22)11-20-9-4-3-5-10-20;/h6-8,15,22H,3-5,9-12H2,1-2H3;1H. The molecule has 1 atom stereocenters. The predicted octanol–water partition coefficient (Wildman–Crippen LogP) is 4.18. The van der Waals surface area contributed by atoms with Crippen LogP contribution in [0.15, 0.2) is 18.2 Å². The summed E-state index contributed by atoms with van der Waals surface area (Å²) < 4.78 is 2.18. The third-order valence-corrected chi connectivity index (χ3v) is 5.22. The van der Waals surface area contributed by atoms with E-state index in [1.54, 1.807) is 0 Å². The second-order valence-electron chi connectivity index (χ2n) is 6.47. The summed E-state index contributed by atoms with van der Waals surface area (Å²) in [4.78, 5) is 2.38. The predicted molar refractivity (Wildman–Crippen MR) is 100.0 cm³/mol. The highest BCUT2D eigenvalue weighted by Gasteiger charge is 2.19. The summed E-state index contributed by atoms with van der Waals surface area (Å²) in [5.41, 5.74) is 3.50. The fourth-order valence-corrected chi connectivity index (χ4v) is 3.87. The van der Waals surface area contributed by atoms with Crippen LogP contribution in [0.25, 0.3) is 10.9 Å². The van der Waals surface area contributed by atoms with Crippen LogP contribution in [0.3, 0.4) is 0 Å². The summed E-state index contributed by atoms with van der Waals surface area (Å²) in [6.45, 7) is 7.82. The van der Waals surface area contributed by atoms with Gasteiger partial charge in [-0.05, 0) is 51.4 Å². The van der Waals surface area contributed by atoms with E-state index in [2.05, 4.69) is 29.4 Å². The number of rotatable bonds is 4. The third kappa shape index (κ3) is 3.85. The largest absolute Gasteiger partial charge is 0.390 e. The average molecular weight is 357 g/mol. The maximum absolute atomic E-state index is 10.5. The molecule has 1 unspecified atom stereocenters. The molecule has 1 aliphatic rings. The summed E-state index contributed by atoms with van der Waals surface area (Å²) in [5.74, 6) is 0. The molecule has 23 heavy (non-hydrogen) atoms. The summed E-state index contributed by atoms with van der Waals surface area (Å²) in [5, 5.41) is 12.5. The van der Waals surface area contributed by atoms with Crippen LogP contribution in [0.4, 0.5) is 0 Å². The second kappa shape index (κ2) is 7.89. The van der Waals surface area contributed by atoms with Crippen LogP contribution in [0.1, 0.15) is 30.5 Å². The molecule has 1 N–H and O–H groups in total. The van der Waals surface area contributed by atoms with Crippen LogP contribution in [0.2, 0.25) is 5.02 Å². The molecule has 3 rings (SSSR count). The van der Waals surface area contributed by atoms with Crippen molar-refractivity contribution in [2.45, 2.75) is 45.8 Å². The number of hydrogen-bond donors (Lipinski definition) is 1. The lowest BCUT2D eigenvalue weighted by molar-refractivity contribution is 0.0888. The van der Waals surface area contributed by atoms with Gasteiger partial charge in [-0.25, -0.2) is 0 Å². The quantitative estimate of drug-likeness (QED) is 0.889. The van der Waals surface area contributed by atoms with Crippen molar-refractivity contribution < 1.29 is 5.11 Å². The van der Waals surface area contributed by atoms with Gasteiger partial charge < -0.3 is 14.6 Å². The van der Waals surface area contributed by atoms with E-state index in [-0.39, 0.29) is 18.5 Å². The minimum absolute atomic E-state index is 0. The van der Waals surface area contributed by atoms with E-state index in [4.69, 9.17) is 11.6 Å². The van der Waals surface area contributed by atoms with Crippen LogP contribution in [0.5, 0.6) is 0 Å². The molecule has 5 heteroatoms. The Kier molecular flexibility index (Phi) is 6.38. The molecule has 2 aromatic rings. The number of β-amino-alcohol motifs (C(OH)–C–C–N with tert-alkyl or cyclic N) is 1. The zero-order valence-corrected chi connectivity index (χ0v) is 15.5. The fraction of sp³-hybridized carbons (Fsp3) is 0.556. The number of aromatic nitrogens is 1. The van der Waals surface area contributed by atoms with Crippen molar-refractivity contribution in [1.82, 2.24) is 9.47 Å². The van der Waals surface area contributed by atoms with E-state index < -0.39 is 0 Å². The Labute approximate surface area is 149 Å². The van der Waals surface area contributed by atoms with Gasteiger partial charge in [0.25, 0.3) is 0 Å². The van der Waals surface area contributed by atoms with Crippen molar-refractivity contribution >= 4 is 34.9 Å². The molecule has 0 spiro atoms. The Balaban J connectivity index is 0.00000192. The number of aliphatic hydroxyl groups excluding tert-OH is 1. The van der Waals surface area contributed by atoms with Crippen molar-refractivity contribution in [3.63, 3.8) is 0 Å². The van der Waals surface area contributed by atoms with Gasteiger partial charge in [0.15, 0.2) is 0 Å². The van der Waals surface area contributed by atoms with Gasteiger partial charge in [-0.1, -0.05) is 30.2 Å². The van der Waals surface area contributed by atoms with E-state index in [0.29, 0.717) is 6.54 Å². The van der Waals surface area contributed by atoms with Gasteiger partial charge in [0.2, 0.25) is 0 Å². The molecule has 0 radical (unpaired) electrons. The van der Waals surface area contributed by atoms with Gasteiger partial charge in [0, 0.05) is 17.6 Å². The maximum atomic E-state index is 10.5. The maximum Gasteiger partial charge on any atom is 0.0845 e. The molecule has 0 bridgehead atoms. The van der Waals surface area contributed by atoms with Crippen LogP contribution < -0.4 is 0 Å². The Bertz CT molecular complexity index is 663. The van der Waals surface area contributed by atoms with Crippen molar-refractivity contribution in [2.24, 2.45) is 0 Å². The van der Waals surface area contributed by atoms with E-state index in [0.717, 1.165) is 30.2 Å². The first-order valence-corrected chi connectivity index (χ1v) is 8.60. The highest BCUT2D eigenvalue weighted by atomic mass is 35.5. The van der Waals surface area contributed by atoms with E-state index >= 15 is 0 Å². The monoisotopic (exact) mass is 356 g/mol. The van der Waals surface area contributed by atoms with Crippen molar-refractivity contribution in [3.8, 4) is 0 Å². The zero-order valence-electron chi connectivity index (χ0n) is 13.9. The number of likely N-dealkylation sites (tertiary alicyclic amines) is 1. The number of hydrogen-bond acceptors (Lipinski definition) is 2. The number of nitrogens with zero attached hydrogens (tertiary/aromatic N) is 2. The van der Waals surface area contributed by atoms with Gasteiger partial charge in [0.1, 0.15) is 0 Å². The Morgan fingerprint density at radius 2 is 1.83 bits per heavy atom. The first kappa shape index (κ1) is 18.6. The van der Waals surface area contributed by atoms with E-state index in [1.165, 1.54) is 35.9 Å². The first-order chi connectivity index (χ1) is 10.6. The average Bonchev–Trinajstić information content (AvgIpc) is 2.75. The Morgan fingerprint density at radius 3 is 2.52 bits per heavy atom. The van der Waals surface area contributed by atoms with Crippen LogP contribution in [-0.4, -0.2) is 40.3 Å². The molecule has 1 aromatic carbocycles. The highest BCUT2D eigenvalue weighted by Crippen LogP contribution is 2.30. The SMILES string of the molecule is Cc1c(C)n(CC(O)CN2CCCCC2)c2c(Cl)cccc12.Cl. The Morgan fingerprint density at radius 1 is 1.13 bits per heavy atom. The third-order valence-electron chi connectivity index (χ3n) is 4.92. The van der Waals surface area contributed by atoms with Crippen molar-refractivity contribution in [1.29, 1.82) is 0 Å². The first-order valence-electron chi connectivity index (χ1n) is 8.22. The lowest BCUT2D eigenvalue weighted by atomic mass is 10.1. The highest BCUT2D eigenvalue weighted by molar-refractivity contribution is 6.35. The lowest BCUT2D eigenvalue weighted by Crippen LogP contribution is -2.38. The van der Waals surface area contributed by atoms with Crippen LogP contribution >= 0.6 is 24.0 Å². The number of aryl methyl sites for hydroxylation is 1. The molecule has 1 fully saturated rings. The number of aliphatic hydroxyl groups is 1. The molecule has 128 valence electrons. The molecule has 3 nitrogen and oxygen atoms in total. The normalized spacial score (nSPS) is 17.2. The molecule has 1 saturated heterocycles. The Hall–Kier alpha value is -0.740. The number of halogens is 2. The fourth-order valence-electron chi connectivity index (χ4n) is 3.59. The van der Waals surface area contributed by atoms with Crippen molar-refractivity contribution in [3.05, 3.63) is 34.5 Å². The van der Waals surface area contributed by atoms with Gasteiger partial charge in [-0.2, -0.15) is 0 Å². The minimum Gasteiger partial charge on any atom is -0.390 e. The molecule has 0 aliphatic carbocycles. The number of piperidine rings is 1. The molecular formula is C18H26Cl2N2O. The van der Waals surface area contributed by atoms with E-state index in [9.17, 15) is 5.11 Å². The molecule has 0 amide bonds. The minimum atomic E-state index is -0.358. The zero-order chi connectivity index (χ0) is 15.7.